The highest BCUT2D eigenvalue weighted by molar-refractivity contribution is 5.85. The molecule has 0 aromatic heterocycles. The summed E-state index contributed by atoms with van der Waals surface area (Å²) in [6.45, 7) is 3.87. The number of carbonyl (C=O) groups excluding carboxylic acids is 2. The molecule has 2 aliphatic rings. The van der Waals surface area contributed by atoms with Crippen molar-refractivity contribution in [2.75, 3.05) is 7.11 Å². The number of amides is 2. The molecule has 0 bridgehead atoms. The van der Waals surface area contributed by atoms with Crippen LogP contribution in [0.3, 0.4) is 0 Å². The van der Waals surface area contributed by atoms with Crippen molar-refractivity contribution in [3.8, 4) is 5.75 Å². The zero-order valence-electron chi connectivity index (χ0n) is 14.4. The molecule has 25 heavy (non-hydrogen) atoms. The van der Waals surface area contributed by atoms with Crippen LogP contribution in [0, 0.1) is 5.92 Å². The SMILES string of the molecule is C=C1NC(=O)NC(c2ccc(OC)cc2)C1C(=O)OC1CCCCC1. The van der Waals surface area contributed by atoms with E-state index in [0.717, 1.165) is 31.2 Å². The summed E-state index contributed by atoms with van der Waals surface area (Å²) in [6.07, 6.45) is 5.12. The first-order valence-corrected chi connectivity index (χ1v) is 8.69. The predicted octanol–water partition coefficient (Wildman–Crippen LogP) is 3.05. The Morgan fingerprint density at radius 1 is 1.16 bits per heavy atom. The predicted molar refractivity (Wildman–Crippen MR) is 93.0 cm³/mol. The Kier molecular flexibility index (Phi) is 5.26. The maximum atomic E-state index is 12.8. The molecule has 6 nitrogen and oxygen atoms in total. The summed E-state index contributed by atoms with van der Waals surface area (Å²) in [7, 11) is 1.59. The largest absolute Gasteiger partial charge is 0.497 e. The topological polar surface area (TPSA) is 76.7 Å². The molecule has 0 radical (unpaired) electrons. The average molecular weight is 344 g/mol. The van der Waals surface area contributed by atoms with E-state index in [1.165, 1.54) is 6.42 Å². The van der Waals surface area contributed by atoms with Gasteiger partial charge in [-0.2, -0.15) is 0 Å². The molecule has 1 aliphatic carbocycles. The number of hydrogen-bond donors (Lipinski definition) is 2. The highest BCUT2D eigenvalue weighted by Gasteiger charge is 2.39. The van der Waals surface area contributed by atoms with E-state index in [-0.39, 0.29) is 18.1 Å². The van der Waals surface area contributed by atoms with Gasteiger partial charge in [0.05, 0.1) is 13.2 Å². The summed E-state index contributed by atoms with van der Waals surface area (Å²) in [5.74, 6) is -0.289. The van der Waals surface area contributed by atoms with Gasteiger partial charge in [0.25, 0.3) is 0 Å². The first kappa shape index (κ1) is 17.3. The fraction of sp³-hybridized carbons (Fsp3) is 0.474. The monoisotopic (exact) mass is 344 g/mol. The van der Waals surface area contributed by atoms with Gasteiger partial charge < -0.3 is 20.1 Å². The molecule has 1 aromatic carbocycles. The van der Waals surface area contributed by atoms with E-state index < -0.39 is 12.0 Å². The van der Waals surface area contributed by atoms with Crippen molar-refractivity contribution in [1.82, 2.24) is 10.6 Å². The van der Waals surface area contributed by atoms with E-state index >= 15 is 0 Å². The van der Waals surface area contributed by atoms with Gasteiger partial charge in [0, 0.05) is 5.70 Å². The maximum Gasteiger partial charge on any atom is 0.319 e. The number of nitrogens with one attached hydrogen (secondary N) is 2. The number of hydrogen-bond acceptors (Lipinski definition) is 4. The number of benzene rings is 1. The van der Waals surface area contributed by atoms with Crippen LogP contribution in [0.4, 0.5) is 4.79 Å². The fourth-order valence-electron chi connectivity index (χ4n) is 3.47. The lowest BCUT2D eigenvalue weighted by atomic mass is 9.88. The highest BCUT2D eigenvalue weighted by Crippen LogP contribution is 2.32. The van der Waals surface area contributed by atoms with Crippen molar-refractivity contribution < 1.29 is 19.1 Å². The zero-order valence-corrected chi connectivity index (χ0v) is 14.4. The molecule has 1 aliphatic heterocycles. The summed E-state index contributed by atoms with van der Waals surface area (Å²) in [5.41, 5.74) is 1.17. The van der Waals surface area contributed by atoms with Crippen molar-refractivity contribution in [1.29, 1.82) is 0 Å². The Bertz CT molecular complexity index is 650. The molecule has 2 amide bonds. The van der Waals surface area contributed by atoms with Gasteiger partial charge in [0.15, 0.2) is 0 Å². The standard InChI is InChI=1S/C19H24N2O4/c1-12-16(18(22)25-15-6-4-3-5-7-15)17(21-19(23)20-12)13-8-10-14(24-2)11-9-13/h8-11,15-17H,1,3-7H2,2H3,(H2,20,21,23). The number of carbonyl (C=O) groups is 2. The fourth-order valence-corrected chi connectivity index (χ4v) is 3.47. The molecule has 1 saturated heterocycles. The number of rotatable bonds is 4. The third kappa shape index (κ3) is 3.95. The minimum Gasteiger partial charge on any atom is -0.497 e. The van der Waals surface area contributed by atoms with Crippen molar-refractivity contribution in [2.45, 2.75) is 44.2 Å². The molecule has 2 N–H and O–H groups in total. The average Bonchev–Trinajstić information content (AvgIpc) is 2.62. The minimum absolute atomic E-state index is 0.0387. The smallest absolute Gasteiger partial charge is 0.319 e. The molecule has 3 rings (SSSR count). The number of ether oxygens (including phenoxy) is 2. The van der Waals surface area contributed by atoms with Crippen molar-refractivity contribution in [3.05, 3.63) is 42.1 Å². The van der Waals surface area contributed by atoms with Crippen LogP contribution in [0.1, 0.15) is 43.7 Å². The summed E-state index contributed by atoms with van der Waals surface area (Å²) >= 11 is 0. The Morgan fingerprint density at radius 3 is 2.48 bits per heavy atom. The van der Waals surface area contributed by atoms with Gasteiger partial charge in [-0.3, -0.25) is 4.79 Å². The summed E-state index contributed by atoms with van der Waals surface area (Å²) in [4.78, 5) is 24.7. The highest BCUT2D eigenvalue weighted by atomic mass is 16.5. The Hall–Kier alpha value is -2.50. The van der Waals surface area contributed by atoms with E-state index in [1.807, 2.05) is 12.1 Å². The molecular weight excluding hydrogens is 320 g/mol. The normalized spacial score (nSPS) is 24.2. The van der Waals surface area contributed by atoms with Gasteiger partial charge in [-0.15, -0.1) is 0 Å². The van der Waals surface area contributed by atoms with E-state index in [1.54, 1.807) is 19.2 Å². The molecule has 2 fully saturated rings. The van der Waals surface area contributed by atoms with E-state index in [9.17, 15) is 9.59 Å². The number of esters is 1. The Balaban J connectivity index is 1.80. The quantitative estimate of drug-likeness (QED) is 0.823. The van der Waals surface area contributed by atoms with Gasteiger partial charge in [-0.05, 0) is 43.4 Å². The molecule has 2 atom stereocenters. The van der Waals surface area contributed by atoms with Crippen LogP contribution in [-0.4, -0.2) is 25.2 Å². The number of urea groups is 1. The summed E-state index contributed by atoms with van der Waals surface area (Å²) in [5, 5.41) is 5.42. The molecule has 1 aromatic rings. The van der Waals surface area contributed by atoms with Crippen LogP contribution in [0.2, 0.25) is 0 Å². The van der Waals surface area contributed by atoms with E-state index in [4.69, 9.17) is 9.47 Å². The van der Waals surface area contributed by atoms with Gasteiger partial charge in [-0.25, -0.2) is 4.79 Å². The molecule has 1 saturated carbocycles. The second-order valence-electron chi connectivity index (χ2n) is 6.55. The first-order chi connectivity index (χ1) is 12.1. The second-order valence-corrected chi connectivity index (χ2v) is 6.55. The molecule has 1 heterocycles. The van der Waals surface area contributed by atoms with Crippen molar-refractivity contribution >= 4 is 12.0 Å². The summed E-state index contributed by atoms with van der Waals surface area (Å²) in [6, 6.07) is 6.40. The minimum atomic E-state index is -0.659. The molecule has 0 spiro atoms. The van der Waals surface area contributed by atoms with Gasteiger partial charge >= 0.3 is 12.0 Å². The number of methoxy groups -OCH3 is 1. The molecule has 134 valence electrons. The lowest BCUT2D eigenvalue weighted by Crippen LogP contribution is -2.51. The van der Waals surface area contributed by atoms with Crippen LogP contribution in [0.5, 0.6) is 5.75 Å². The Labute approximate surface area is 147 Å². The third-order valence-electron chi connectivity index (χ3n) is 4.83. The third-order valence-corrected chi connectivity index (χ3v) is 4.83. The van der Waals surface area contributed by atoms with Crippen LogP contribution >= 0.6 is 0 Å². The van der Waals surface area contributed by atoms with E-state index in [2.05, 4.69) is 17.2 Å². The van der Waals surface area contributed by atoms with E-state index in [0.29, 0.717) is 11.4 Å². The summed E-state index contributed by atoms with van der Waals surface area (Å²) < 4.78 is 10.9. The maximum absolute atomic E-state index is 12.8. The lowest BCUT2D eigenvalue weighted by molar-refractivity contribution is -0.155. The van der Waals surface area contributed by atoms with Gasteiger partial charge in [-0.1, -0.05) is 25.1 Å². The van der Waals surface area contributed by atoms with Gasteiger partial charge in [0.2, 0.25) is 0 Å². The van der Waals surface area contributed by atoms with Gasteiger partial charge in [0.1, 0.15) is 17.8 Å². The lowest BCUT2D eigenvalue weighted by Gasteiger charge is -2.34. The van der Waals surface area contributed by atoms with Crippen LogP contribution in [0.15, 0.2) is 36.5 Å². The van der Waals surface area contributed by atoms with Crippen LogP contribution in [-0.2, 0) is 9.53 Å². The van der Waals surface area contributed by atoms with Crippen LogP contribution < -0.4 is 15.4 Å². The molecule has 2 unspecified atom stereocenters. The second kappa shape index (κ2) is 7.59. The molecular formula is C19H24N2O4. The van der Waals surface area contributed by atoms with Crippen molar-refractivity contribution in [2.24, 2.45) is 5.92 Å². The van der Waals surface area contributed by atoms with Crippen LogP contribution in [0.25, 0.3) is 0 Å². The Morgan fingerprint density at radius 2 is 1.84 bits per heavy atom. The first-order valence-electron chi connectivity index (χ1n) is 8.69. The van der Waals surface area contributed by atoms with Crippen molar-refractivity contribution in [3.63, 3.8) is 0 Å². The zero-order chi connectivity index (χ0) is 17.8. The molecule has 6 heteroatoms.